The van der Waals surface area contributed by atoms with Gasteiger partial charge in [0, 0.05) is 18.2 Å². The number of para-hydroxylation sites is 2. The third-order valence-corrected chi connectivity index (χ3v) is 6.66. The second-order valence-corrected chi connectivity index (χ2v) is 8.64. The van der Waals surface area contributed by atoms with Crippen LogP contribution in [-0.2, 0) is 0 Å². The van der Waals surface area contributed by atoms with Crippen molar-refractivity contribution in [3.8, 4) is 22.8 Å². The van der Waals surface area contributed by atoms with Crippen LogP contribution >= 0.6 is 0 Å². The number of carboxylic acid groups (broad SMARTS) is 1. The molecular formula is C25H26N4O4. The van der Waals surface area contributed by atoms with E-state index in [0.717, 1.165) is 36.8 Å². The number of aromatic nitrogens is 3. The molecular weight excluding hydrogens is 420 g/mol. The van der Waals surface area contributed by atoms with Crippen LogP contribution < -0.4 is 4.74 Å². The number of nitrogens with zero attached hydrogens (tertiary/aromatic N) is 4. The first kappa shape index (κ1) is 21.2. The van der Waals surface area contributed by atoms with E-state index in [4.69, 9.17) is 4.74 Å². The summed E-state index contributed by atoms with van der Waals surface area (Å²) < 4.78 is 6.94. The van der Waals surface area contributed by atoms with Crippen LogP contribution in [0, 0.1) is 5.92 Å². The molecule has 5 rings (SSSR count). The summed E-state index contributed by atoms with van der Waals surface area (Å²) in [6, 6.07) is 16.0. The highest BCUT2D eigenvalue weighted by Gasteiger charge is 2.38. The van der Waals surface area contributed by atoms with Crippen LogP contribution in [0.1, 0.15) is 49.0 Å². The van der Waals surface area contributed by atoms with E-state index < -0.39 is 12.0 Å². The fourth-order valence-corrected chi connectivity index (χ4v) is 5.14. The lowest BCUT2D eigenvalue weighted by molar-refractivity contribution is 0.0667. The Labute approximate surface area is 191 Å². The number of rotatable bonds is 4. The van der Waals surface area contributed by atoms with Gasteiger partial charge in [-0.2, -0.15) is 4.68 Å². The van der Waals surface area contributed by atoms with Crippen molar-refractivity contribution in [3.63, 3.8) is 0 Å². The van der Waals surface area contributed by atoms with E-state index >= 15 is 0 Å². The molecule has 3 aromatic rings. The van der Waals surface area contributed by atoms with Gasteiger partial charge in [-0.1, -0.05) is 48.4 Å². The standard InChI is InChI=1S/C25H26N4O4/c30-24(31)23-22(19-13-5-7-15-21(19)33-18-11-2-1-3-12-18)26-27-29(23)25(32)28-16-8-10-17-9-4-6-14-20(17)28/h1-3,5,7,11-13,15,17,20H,4,6,8-10,14,16H2,(H,30,31). The number of carbonyl (C=O) groups excluding carboxylic acids is 1. The van der Waals surface area contributed by atoms with Crippen molar-refractivity contribution in [3.05, 3.63) is 60.3 Å². The molecule has 2 aromatic carbocycles. The second-order valence-electron chi connectivity index (χ2n) is 8.64. The number of ether oxygens (including phenoxy) is 1. The molecule has 1 aromatic heterocycles. The van der Waals surface area contributed by atoms with Crippen molar-refractivity contribution in [1.82, 2.24) is 19.9 Å². The molecule has 170 valence electrons. The van der Waals surface area contributed by atoms with Gasteiger partial charge in [-0.25, -0.2) is 9.59 Å². The van der Waals surface area contributed by atoms with E-state index in [-0.39, 0.29) is 17.4 Å². The lowest BCUT2D eigenvalue weighted by Gasteiger charge is -2.43. The third-order valence-electron chi connectivity index (χ3n) is 6.66. The molecule has 2 aliphatic rings. The number of amides is 1. The van der Waals surface area contributed by atoms with Gasteiger partial charge in [0.1, 0.15) is 17.2 Å². The van der Waals surface area contributed by atoms with Gasteiger partial charge in [0.25, 0.3) is 0 Å². The topological polar surface area (TPSA) is 97.5 Å². The molecule has 1 saturated heterocycles. The van der Waals surface area contributed by atoms with Crippen LogP contribution in [0.5, 0.6) is 11.5 Å². The Kier molecular flexibility index (Phi) is 5.81. The van der Waals surface area contributed by atoms with Crippen LogP contribution in [0.15, 0.2) is 54.6 Å². The highest BCUT2D eigenvalue weighted by atomic mass is 16.5. The first-order valence-electron chi connectivity index (χ1n) is 11.5. The average Bonchev–Trinajstić information content (AvgIpc) is 3.30. The number of likely N-dealkylation sites (tertiary alicyclic amines) is 1. The minimum atomic E-state index is -1.25. The summed E-state index contributed by atoms with van der Waals surface area (Å²) in [7, 11) is 0. The van der Waals surface area contributed by atoms with Crippen molar-refractivity contribution in [1.29, 1.82) is 0 Å². The fourth-order valence-electron chi connectivity index (χ4n) is 5.14. The summed E-state index contributed by atoms with van der Waals surface area (Å²) in [4.78, 5) is 27.6. The fraction of sp³-hybridized carbons (Fsp3) is 0.360. The van der Waals surface area contributed by atoms with E-state index in [1.807, 2.05) is 35.2 Å². The Bertz CT molecular complexity index is 1160. The van der Waals surface area contributed by atoms with Crippen LogP contribution in [-0.4, -0.2) is 49.6 Å². The predicted octanol–water partition coefficient (Wildman–Crippen LogP) is 5.06. The molecule has 1 saturated carbocycles. The lowest BCUT2D eigenvalue weighted by Crippen LogP contribution is -2.51. The second kappa shape index (κ2) is 9.05. The van der Waals surface area contributed by atoms with Crippen molar-refractivity contribution < 1.29 is 19.4 Å². The zero-order valence-corrected chi connectivity index (χ0v) is 18.3. The molecule has 2 unspecified atom stereocenters. The van der Waals surface area contributed by atoms with Crippen molar-refractivity contribution >= 4 is 12.0 Å². The van der Waals surface area contributed by atoms with Crippen molar-refractivity contribution in [2.45, 2.75) is 44.6 Å². The molecule has 2 atom stereocenters. The number of carboxylic acids is 1. The molecule has 8 nitrogen and oxygen atoms in total. The molecule has 1 N–H and O–H groups in total. The van der Waals surface area contributed by atoms with E-state index in [1.165, 1.54) is 6.42 Å². The first-order valence-corrected chi connectivity index (χ1v) is 11.5. The van der Waals surface area contributed by atoms with Crippen LogP contribution in [0.3, 0.4) is 0 Å². The van der Waals surface area contributed by atoms with Gasteiger partial charge in [-0.05, 0) is 55.9 Å². The Balaban J connectivity index is 1.51. The largest absolute Gasteiger partial charge is 0.476 e. The Hall–Kier alpha value is -3.68. The smallest absolute Gasteiger partial charge is 0.357 e. The van der Waals surface area contributed by atoms with E-state index in [9.17, 15) is 14.7 Å². The minimum Gasteiger partial charge on any atom is -0.476 e. The predicted molar refractivity (Wildman–Crippen MR) is 121 cm³/mol. The van der Waals surface area contributed by atoms with Gasteiger partial charge in [0.05, 0.1) is 0 Å². The number of hydrogen-bond acceptors (Lipinski definition) is 5. The maximum Gasteiger partial charge on any atom is 0.357 e. The summed E-state index contributed by atoms with van der Waals surface area (Å²) >= 11 is 0. The normalized spacial score (nSPS) is 20.2. The summed E-state index contributed by atoms with van der Waals surface area (Å²) in [5.41, 5.74) is 0.327. The molecule has 8 heteroatoms. The van der Waals surface area contributed by atoms with Gasteiger partial charge >= 0.3 is 12.0 Å². The molecule has 2 heterocycles. The summed E-state index contributed by atoms with van der Waals surface area (Å²) in [6.45, 7) is 0.613. The zero-order chi connectivity index (χ0) is 22.8. The Morgan fingerprint density at radius 1 is 0.939 bits per heavy atom. The average molecular weight is 447 g/mol. The van der Waals surface area contributed by atoms with Gasteiger partial charge in [-0.3, -0.25) is 0 Å². The molecule has 2 fully saturated rings. The number of carbonyl (C=O) groups is 2. The maximum absolute atomic E-state index is 13.5. The minimum absolute atomic E-state index is 0.111. The quantitative estimate of drug-likeness (QED) is 0.602. The first-order chi connectivity index (χ1) is 16.1. The zero-order valence-electron chi connectivity index (χ0n) is 18.3. The number of hydrogen-bond donors (Lipinski definition) is 1. The maximum atomic E-state index is 13.5. The van der Waals surface area contributed by atoms with Gasteiger partial charge in [0.2, 0.25) is 0 Å². The summed E-state index contributed by atoms with van der Waals surface area (Å²) in [6.07, 6.45) is 6.39. The van der Waals surface area contributed by atoms with E-state index in [0.29, 0.717) is 29.5 Å². The number of piperidine rings is 1. The Morgan fingerprint density at radius 2 is 1.67 bits per heavy atom. The van der Waals surface area contributed by atoms with Gasteiger partial charge < -0.3 is 14.7 Å². The third kappa shape index (κ3) is 4.08. The molecule has 0 bridgehead atoms. The summed E-state index contributed by atoms with van der Waals surface area (Å²) in [5.74, 6) is 0.278. The van der Waals surface area contributed by atoms with Crippen LogP contribution in [0.25, 0.3) is 11.3 Å². The lowest BCUT2D eigenvalue weighted by atomic mass is 9.78. The van der Waals surface area contributed by atoms with Crippen LogP contribution in [0.2, 0.25) is 0 Å². The molecule has 1 aliphatic heterocycles. The molecule has 1 aliphatic carbocycles. The SMILES string of the molecule is O=C(O)c1c(-c2ccccc2Oc2ccccc2)nnn1C(=O)N1CCCC2CCCCC21. The molecule has 0 radical (unpaired) electrons. The highest BCUT2D eigenvalue weighted by Crippen LogP contribution is 2.37. The Morgan fingerprint density at radius 3 is 2.48 bits per heavy atom. The van der Waals surface area contributed by atoms with E-state index in [2.05, 4.69) is 10.3 Å². The van der Waals surface area contributed by atoms with Crippen LogP contribution in [0.4, 0.5) is 4.79 Å². The summed E-state index contributed by atoms with van der Waals surface area (Å²) in [5, 5.41) is 18.2. The number of fused-ring (bicyclic) bond motifs is 1. The number of benzene rings is 2. The van der Waals surface area contributed by atoms with Crippen molar-refractivity contribution in [2.75, 3.05) is 6.54 Å². The molecule has 33 heavy (non-hydrogen) atoms. The number of aromatic carboxylic acids is 1. The highest BCUT2D eigenvalue weighted by molar-refractivity contribution is 5.97. The van der Waals surface area contributed by atoms with Gasteiger partial charge in [-0.15, -0.1) is 5.10 Å². The van der Waals surface area contributed by atoms with Gasteiger partial charge in [0.15, 0.2) is 5.69 Å². The molecule has 1 amide bonds. The monoisotopic (exact) mass is 446 g/mol. The van der Waals surface area contributed by atoms with Crippen molar-refractivity contribution in [2.24, 2.45) is 5.92 Å². The molecule has 0 spiro atoms. The van der Waals surface area contributed by atoms with E-state index in [1.54, 1.807) is 24.3 Å².